The zero-order valence-electron chi connectivity index (χ0n) is 15.6. The number of rotatable bonds is 2. The van der Waals surface area contributed by atoms with Crippen LogP contribution in [0.1, 0.15) is 38.3 Å². The molecule has 1 aliphatic heterocycles. The summed E-state index contributed by atoms with van der Waals surface area (Å²) >= 11 is 0. The lowest BCUT2D eigenvalue weighted by molar-refractivity contribution is -0.118. The summed E-state index contributed by atoms with van der Waals surface area (Å²) in [6.07, 6.45) is 6.13. The van der Waals surface area contributed by atoms with Crippen LogP contribution in [0.25, 0.3) is 22.0 Å². The average Bonchev–Trinajstić information content (AvgIpc) is 3.22. The zero-order valence-corrected chi connectivity index (χ0v) is 15.6. The number of pyridine rings is 2. The maximum atomic E-state index is 12.6. The van der Waals surface area contributed by atoms with Gasteiger partial charge in [0.05, 0.1) is 28.4 Å². The van der Waals surface area contributed by atoms with E-state index >= 15 is 0 Å². The first-order valence-corrected chi connectivity index (χ1v) is 9.24. The summed E-state index contributed by atoms with van der Waals surface area (Å²) in [5.74, 6) is 0.434. The predicted molar refractivity (Wildman–Crippen MR) is 104 cm³/mol. The maximum Gasteiger partial charge on any atom is 0.235 e. The molecule has 2 N–H and O–H groups in total. The first-order chi connectivity index (χ1) is 12.8. The molecule has 136 valence electrons. The number of benzene rings is 1. The summed E-state index contributed by atoms with van der Waals surface area (Å²) in [6, 6.07) is 8.06. The lowest BCUT2D eigenvalue weighted by Crippen LogP contribution is -2.20. The molecule has 3 aromatic rings. The lowest BCUT2D eigenvalue weighted by atomic mass is 9.90. The van der Waals surface area contributed by atoms with Crippen molar-refractivity contribution in [3.63, 3.8) is 0 Å². The van der Waals surface area contributed by atoms with Gasteiger partial charge in [-0.25, -0.2) is 0 Å². The summed E-state index contributed by atoms with van der Waals surface area (Å²) in [4.78, 5) is 21.4. The quantitative estimate of drug-likeness (QED) is 0.731. The molecular formula is C22H21N3O2. The van der Waals surface area contributed by atoms with Crippen LogP contribution in [0.2, 0.25) is 0 Å². The molecule has 1 saturated carbocycles. The number of carbonyl (C=O) groups is 1. The third-order valence-corrected chi connectivity index (χ3v) is 6.05. The largest absolute Gasteiger partial charge is 0.386 e. The fraction of sp³-hybridized carbons (Fsp3) is 0.318. The molecule has 5 rings (SSSR count). The molecule has 27 heavy (non-hydrogen) atoms. The number of amides is 1. The molecule has 2 aliphatic rings. The van der Waals surface area contributed by atoms with Crippen LogP contribution >= 0.6 is 0 Å². The van der Waals surface area contributed by atoms with Gasteiger partial charge in [-0.15, -0.1) is 0 Å². The normalized spacial score (nSPS) is 23.6. The lowest BCUT2D eigenvalue weighted by Gasteiger charge is -2.18. The molecule has 0 radical (unpaired) electrons. The SMILES string of the molecule is CC1CC12C(=O)Nc1cnc3ccc(-c4cncc(C(C)(C)O)c4)cc3c12. The Kier molecular flexibility index (Phi) is 3.12. The van der Waals surface area contributed by atoms with Crippen molar-refractivity contribution < 1.29 is 9.90 Å². The highest BCUT2D eigenvalue weighted by Gasteiger charge is 2.63. The molecular weight excluding hydrogens is 338 g/mol. The van der Waals surface area contributed by atoms with Crippen molar-refractivity contribution in [1.82, 2.24) is 9.97 Å². The molecule has 0 saturated heterocycles. The van der Waals surface area contributed by atoms with E-state index in [-0.39, 0.29) is 5.91 Å². The van der Waals surface area contributed by atoms with Crippen LogP contribution in [0.3, 0.4) is 0 Å². The Bertz CT molecular complexity index is 1120. The number of hydrogen-bond acceptors (Lipinski definition) is 4. The Labute approximate surface area is 157 Å². The Hall–Kier alpha value is -2.79. The van der Waals surface area contributed by atoms with Crippen LogP contribution in [0.15, 0.2) is 42.9 Å². The van der Waals surface area contributed by atoms with Gasteiger partial charge in [-0.1, -0.05) is 13.0 Å². The van der Waals surface area contributed by atoms with E-state index in [9.17, 15) is 9.90 Å². The minimum Gasteiger partial charge on any atom is -0.386 e. The van der Waals surface area contributed by atoms with Crippen molar-refractivity contribution in [3.05, 3.63) is 54.0 Å². The summed E-state index contributed by atoms with van der Waals surface area (Å²) in [7, 11) is 0. The Morgan fingerprint density at radius 1 is 1.19 bits per heavy atom. The first-order valence-electron chi connectivity index (χ1n) is 9.24. The van der Waals surface area contributed by atoms with Crippen LogP contribution in [-0.4, -0.2) is 21.0 Å². The van der Waals surface area contributed by atoms with Crippen molar-refractivity contribution in [3.8, 4) is 11.1 Å². The highest BCUT2D eigenvalue weighted by molar-refractivity contribution is 6.13. The van der Waals surface area contributed by atoms with Crippen LogP contribution in [-0.2, 0) is 15.8 Å². The highest BCUT2D eigenvalue weighted by Crippen LogP contribution is 2.61. The van der Waals surface area contributed by atoms with Gasteiger partial charge in [0.25, 0.3) is 0 Å². The van der Waals surface area contributed by atoms with Gasteiger partial charge in [0.2, 0.25) is 5.91 Å². The molecule has 2 aromatic heterocycles. The molecule has 0 bridgehead atoms. The van der Waals surface area contributed by atoms with Crippen LogP contribution in [0.5, 0.6) is 0 Å². The first kappa shape index (κ1) is 16.4. The standard InChI is InChI=1S/C22H21N3O2/c1-12-8-22(12)19-16-7-13(14-6-15(10-23-9-14)21(2,3)27)4-5-17(16)24-11-18(19)25-20(22)26/h4-7,9-12,27H,8H2,1-3H3,(H,25,26). The van der Waals surface area contributed by atoms with Crippen molar-refractivity contribution in [2.24, 2.45) is 5.92 Å². The number of aromatic nitrogens is 2. The molecule has 1 aromatic carbocycles. The van der Waals surface area contributed by atoms with Gasteiger partial charge in [-0.3, -0.25) is 14.8 Å². The van der Waals surface area contributed by atoms with E-state index < -0.39 is 11.0 Å². The Morgan fingerprint density at radius 2 is 1.96 bits per heavy atom. The van der Waals surface area contributed by atoms with E-state index in [1.54, 1.807) is 32.4 Å². The number of fused-ring (bicyclic) bond motifs is 4. The van der Waals surface area contributed by atoms with Crippen molar-refractivity contribution in [2.75, 3.05) is 5.32 Å². The number of anilines is 1. The summed E-state index contributed by atoms with van der Waals surface area (Å²) < 4.78 is 0. The van der Waals surface area contributed by atoms with Crippen molar-refractivity contribution in [1.29, 1.82) is 0 Å². The van der Waals surface area contributed by atoms with Crippen molar-refractivity contribution >= 4 is 22.5 Å². The molecule has 1 aliphatic carbocycles. The van der Waals surface area contributed by atoms with Gasteiger partial charge >= 0.3 is 0 Å². The second kappa shape index (κ2) is 5.14. The molecule has 1 amide bonds. The monoisotopic (exact) mass is 359 g/mol. The van der Waals surface area contributed by atoms with Crippen LogP contribution in [0.4, 0.5) is 5.69 Å². The summed E-state index contributed by atoms with van der Waals surface area (Å²) in [5.41, 5.74) is 4.15. The van der Waals surface area contributed by atoms with E-state index in [1.807, 2.05) is 18.2 Å². The second-order valence-corrected chi connectivity index (χ2v) is 8.33. The minimum atomic E-state index is -0.952. The predicted octanol–water partition coefficient (Wildman–Crippen LogP) is 3.75. The minimum absolute atomic E-state index is 0.0930. The van der Waals surface area contributed by atoms with Crippen LogP contribution in [0, 0.1) is 5.92 Å². The van der Waals surface area contributed by atoms with Gasteiger partial charge in [0.15, 0.2) is 0 Å². The second-order valence-electron chi connectivity index (χ2n) is 8.33. The van der Waals surface area contributed by atoms with E-state index in [4.69, 9.17) is 0 Å². The average molecular weight is 359 g/mol. The van der Waals surface area contributed by atoms with E-state index in [0.29, 0.717) is 5.92 Å². The molecule has 5 heteroatoms. The third kappa shape index (κ3) is 2.24. The molecule has 1 spiro atoms. The van der Waals surface area contributed by atoms with E-state index in [0.717, 1.165) is 45.3 Å². The maximum absolute atomic E-state index is 12.6. The Morgan fingerprint density at radius 3 is 2.67 bits per heavy atom. The van der Waals surface area contributed by atoms with Gasteiger partial charge in [-0.05, 0) is 49.9 Å². The topological polar surface area (TPSA) is 75.1 Å². The number of nitrogens with one attached hydrogen (secondary N) is 1. The molecule has 1 fully saturated rings. The number of hydrogen-bond donors (Lipinski definition) is 2. The van der Waals surface area contributed by atoms with Gasteiger partial charge < -0.3 is 10.4 Å². The summed E-state index contributed by atoms with van der Waals surface area (Å²) in [5, 5.41) is 14.3. The third-order valence-electron chi connectivity index (χ3n) is 6.05. The Balaban J connectivity index is 1.71. The fourth-order valence-corrected chi connectivity index (χ4v) is 4.32. The smallest absolute Gasteiger partial charge is 0.235 e. The molecule has 5 nitrogen and oxygen atoms in total. The fourth-order valence-electron chi connectivity index (χ4n) is 4.32. The number of carbonyl (C=O) groups excluding carboxylic acids is 1. The zero-order chi connectivity index (χ0) is 19.0. The van der Waals surface area contributed by atoms with E-state index in [2.05, 4.69) is 28.3 Å². The van der Waals surface area contributed by atoms with Gasteiger partial charge in [-0.2, -0.15) is 0 Å². The highest BCUT2D eigenvalue weighted by atomic mass is 16.3. The van der Waals surface area contributed by atoms with Gasteiger partial charge in [0.1, 0.15) is 0 Å². The van der Waals surface area contributed by atoms with E-state index in [1.165, 1.54) is 0 Å². The molecule has 3 heterocycles. The summed E-state index contributed by atoms with van der Waals surface area (Å²) in [6.45, 7) is 5.63. The molecule has 2 atom stereocenters. The van der Waals surface area contributed by atoms with Crippen molar-refractivity contribution in [2.45, 2.75) is 38.2 Å². The number of nitrogens with zero attached hydrogens (tertiary/aromatic N) is 2. The van der Waals surface area contributed by atoms with Crippen LogP contribution < -0.4 is 5.32 Å². The van der Waals surface area contributed by atoms with Gasteiger partial charge in [0, 0.05) is 34.5 Å². The number of aliphatic hydroxyl groups is 1. The molecule has 2 unspecified atom stereocenters.